The molecule has 0 saturated heterocycles. The van der Waals surface area contributed by atoms with Crippen LogP contribution in [0.5, 0.6) is 5.75 Å². The number of halogens is 6. The van der Waals surface area contributed by atoms with Gasteiger partial charge in [0.1, 0.15) is 11.6 Å². The normalized spacial score (nSPS) is 12.5. The quantitative estimate of drug-likeness (QED) is 0.100. The van der Waals surface area contributed by atoms with E-state index in [1.165, 1.54) is 34.8 Å². The minimum atomic E-state index is -4.87. The molecule has 4 N–H and O–H groups in total. The van der Waals surface area contributed by atoms with Crippen molar-refractivity contribution in [3.63, 3.8) is 0 Å². The van der Waals surface area contributed by atoms with E-state index in [1.807, 2.05) is 30.5 Å². The summed E-state index contributed by atoms with van der Waals surface area (Å²) < 4.78 is 83.9. The summed E-state index contributed by atoms with van der Waals surface area (Å²) in [5.41, 5.74) is 7.88. The number of hydrazine groups is 1. The first-order valence-corrected chi connectivity index (χ1v) is 13.2. The Kier molecular flexibility index (Phi) is 8.31. The number of nitrogens with two attached hydrogens (primary N) is 2. The fourth-order valence-electron chi connectivity index (χ4n) is 4.31. The Balaban J connectivity index is 1.87. The third kappa shape index (κ3) is 6.63. The maximum atomic E-state index is 13.5. The number of nitrogens with zero attached hydrogens (tertiary/aromatic N) is 3. The van der Waals surface area contributed by atoms with Gasteiger partial charge in [0.15, 0.2) is 5.69 Å². The monoisotopic (exact) mass is 593 g/mol. The number of thioether (sulfide) groups is 1. The summed E-state index contributed by atoms with van der Waals surface area (Å²) in [5.74, 6) is 6.22. The summed E-state index contributed by atoms with van der Waals surface area (Å²) in [4.78, 5) is 4.67. The van der Waals surface area contributed by atoms with E-state index in [-0.39, 0.29) is 22.9 Å². The summed E-state index contributed by atoms with van der Waals surface area (Å²) >= 11 is 1.55. The molecular weight excluding hydrogens is 568 g/mol. The summed E-state index contributed by atoms with van der Waals surface area (Å²) in [5, 5.41) is 1.18. The molecule has 0 amide bonds. The van der Waals surface area contributed by atoms with Crippen molar-refractivity contribution in [2.24, 2.45) is 11.6 Å². The van der Waals surface area contributed by atoms with Crippen LogP contribution in [0.4, 0.5) is 32.0 Å². The summed E-state index contributed by atoms with van der Waals surface area (Å²) in [7, 11) is 0. The largest absolute Gasteiger partial charge is 0.573 e. The molecule has 4 rings (SSSR count). The van der Waals surface area contributed by atoms with E-state index in [9.17, 15) is 26.3 Å². The number of hydrogen-bond acceptors (Lipinski definition) is 6. The van der Waals surface area contributed by atoms with Crippen LogP contribution >= 0.6 is 11.8 Å². The van der Waals surface area contributed by atoms with Crippen LogP contribution in [0.15, 0.2) is 78.0 Å². The molecule has 0 bridgehead atoms. The predicted molar refractivity (Wildman–Crippen MR) is 147 cm³/mol. The summed E-state index contributed by atoms with van der Waals surface area (Å²) in [6.07, 6.45) is -5.58. The standard InChI is InChI=1S/C28H25F6N5OS/c1-16-11-20(40-28(32,33)34)8-9-22(16)25(14-35)39(36)24-13-19(18-5-4-6-21(12-18)41-3)7-10-23(24)38-15-26(27(29,30)31)37-17(38)2/h4-15H,35-36H2,1-3H3/b25-14-. The van der Waals surface area contributed by atoms with Gasteiger partial charge in [-0.15, -0.1) is 24.9 Å². The first-order chi connectivity index (χ1) is 19.2. The third-order valence-corrected chi connectivity index (χ3v) is 6.92. The molecule has 0 aliphatic heterocycles. The number of anilines is 1. The van der Waals surface area contributed by atoms with Gasteiger partial charge in [0, 0.05) is 22.9 Å². The summed E-state index contributed by atoms with van der Waals surface area (Å²) in [6.45, 7) is 2.98. The molecule has 3 aromatic carbocycles. The molecule has 0 atom stereocenters. The Morgan fingerprint density at radius 1 is 0.976 bits per heavy atom. The Morgan fingerprint density at radius 3 is 2.27 bits per heavy atom. The number of hydrogen-bond donors (Lipinski definition) is 2. The molecule has 13 heteroatoms. The molecule has 6 nitrogen and oxygen atoms in total. The first-order valence-electron chi connectivity index (χ1n) is 12.0. The number of alkyl halides is 6. The van der Waals surface area contributed by atoms with Crippen molar-refractivity contribution in [1.29, 1.82) is 0 Å². The number of imidazole rings is 1. The first kappa shape index (κ1) is 29.9. The lowest BCUT2D eigenvalue weighted by Crippen LogP contribution is -2.31. The molecule has 0 radical (unpaired) electrons. The third-order valence-electron chi connectivity index (χ3n) is 6.20. The Labute approximate surface area is 236 Å². The molecule has 0 saturated carbocycles. The van der Waals surface area contributed by atoms with Gasteiger partial charge >= 0.3 is 12.5 Å². The topological polar surface area (TPSA) is 82.3 Å². The Bertz CT molecular complexity index is 1600. The number of rotatable bonds is 7. The van der Waals surface area contributed by atoms with Gasteiger partial charge in [0.25, 0.3) is 0 Å². The maximum Gasteiger partial charge on any atom is 0.573 e. The Morgan fingerprint density at radius 2 is 1.68 bits per heavy atom. The smallest absolute Gasteiger partial charge is 0.406 e. The van der Waals surface area contributed by atoms with Gasteiger partial charge in [0.2, 0.25) is 0 Å². The molecular formula is C28H25F6N5OS. The van der Waals surface area contributed by atoms with Crippen molar-refractivity contribution < 1.29 is 31.1 Å². The van der Waals surface area contributed by atoms with Crippen LogP contribution in [0.25, 0.3) is 22.5 Å². The molecule has 4 aromatic rings. The van der Waals surface area contributed by atoms with Gasteiger partial charge in [0.05, 0.1) is 17.1 Å². The highest BCUT2D eigenvalue weighted by atomic mass is 32.2. The van der Waals surface area contributed by atoms with Gasteiger partial charge in [-0.3, -0.25) is 5.01 Å². The highest BCUT2D eigenvalue weighted by molar-refractivity contribution is 7.98. The van der Waals surface area contributed by atoms with Gasteiger partial charge in [-0.25, -0.2) is 10.8 Å². The SMILES string of the molecule is CSc1cccc(-c2ccc(-n3cc(C(F)(F)F)nc3C)c(N(N)/C(=C\N)c3ccc(OC(F)(F)F)cc3C)c2)c1. The molecule has 1 heterocycles. The highest BCUT2D eigenvalue weighted by Crippen LogP contribution is 2.37. The van der Waals surface area contributed by atoms with E-state index in [1.54, 1.807) is 36.9 Å². The van der Waals surface area contributed by atoms with E-state index in [0.717, 1.165) is 22.7 Å². The number of aryl methyl sites for hydroxylation is 2. The zero-order valence-electron chi connectivity index (χ0n) is 22.0. The maximum absolute atomic E-state index is 13.5. The van der Waals surface area contributed by atoms with Gasteiger partial charge in [-0.1, -0.05) is 18.2 Å². The van der Waals surface area contributed by atoms with Crippen LogP contribution in [0.2, 0.25) is 0 Å². The number of ether oxygens (including phenoxy) is 1. The zero-order valence-corrected chi connectivity index (χ0v) is 22.8. The lowest BCUT2D eigenvalue weighted by Gasteiger charge is -2.27. The number of benzene rings is 3. The van der Waals surface area contributed by atoms with E-state index in [0.29, 0.717) is 16.7 Å². The van der Waals surface area contributed by atoms with Crippen molar-refractivity contribution in [3.8, 4) is 22.6 Å². The second kappa shape index (κ2) is 11.4. The molecule has 0 unspecified atom stereocenters. The van der Waals surface area contributed by atoms with Crippen LogP contribution in [0.1, 0.15) is 22.6 Å². The van der Waals surface area contributed by atoms with Crippen molar-refractivity contribution >= 4 is 23.1 Å². The second-order valence-corrected chi connectivity index (χ2v) is 9.80. The van der Waals surface area contributed by atoms with Crippen LogP contribution < -0.4 is 21.3 Å². The van der Waals surface area contributed by atoms with E-state index < -0.39 is 24.0 Å². The average molecular weight is 594 g/mol. The van der Waals surface area contributed by atoms with Crippen molar-refractivity contribution in [2.75, 3.05) is 11.3 Å². The minimum absolute atomic E-state index is 0.0622. The van der Waals surface area contributed by atoms with Crippen LogP contribution in [0.3, 0.4) is 0 Å². The fourth-order valence-corrected chi connectivity index (χ4v) is 4.77. The molecule has 41 heavy (non-hydrogen) atoms. The van der Waals surface area contributed by atoms with Crippen LogP contribution in [0, 0.1) is 13.8 Å². The molecule has 0 aliphatic rings. The Hall–Kier alpha value is -4.10. The van der Waals surface area contributed by atoms with Crippen molar-refractivity contribution in [3.05, 3.63) is 95.7 Å². The predicted octanol–water partition coefficient (Wildman–Crippen LogP) is 7.43. The van der Waals surface area contributed by atoms with Gasteiger partial charge in [-0.2, -0.15) is 13.2 Å². The molecule has 216 valence electrons. The number of aromatic nitrogens is 2. The summed E-state index contributed by atoms with van der Waals surface area (Å²) in [6, 6.07) is 16.4. The van der Waals surface area contributed by atoms with E-state index in [2.05, 4.69) is 9.72 Å². The zero-order chi connectivity index (χ0) is 30.1. The second-order valence-electron chi connectivity index (χ2n) is 8.92. The van der Waals surface area contributed by atoms with Crippen LogP contribution in [-0.2, 0) is 6.18 Å². The molecule has 1 aromatic heterocycles. The lowest BCUT2D eigenvalue weighted by atomic mass is 10.0. The van der Waals surface area contributed by atoms with Crippen LogP contribution in [-0.4, -0.2) is 22.2 Å². The van der Waals surface area contributed by atoms with E-state index in [4.69, 9.17) is 11.6 Å². The van der Waals surface area contributed by atoms with E-state index >= 15 is 0 Å². The lowest BCUT2D eigenvalue weighted by molar-refractivity contribution is -0.274. The van der Waals surface area contributed by atoms with Gasteiger partial charge < -0.3 is 15.0 Å². The van der Waals surface area contributed by atoms with Crippen molar-refractivity contribution in [1.82, 2.24) is 9.55 Å². The average Bonchev–Trinajstić information content (AvgIpc) is 3.31. The van der Waals surface area contributed by atoms with Crippen molar-refractivity contribution in [2.45, 2.75) is 31.3 Å². The van der Waals surface area contributed by atoms with Gasteiger partial charge in [-0.05, 0) is 79.3 Å². The fraction of sp³-hybridized carbons (Fsp3) is 0.179. The minimum Gasteiger partial charge on any atom is -0.406 e. The highest BCUT2D eigenvalue weighted by Gasteiger charge is 2.35. The molecule has 0 spiro atoms. The molecule has 0 aliphatic carbocycles. The molecule has 0 fully saturated rings.